The van der Waals surface area contributed by atoms with Gasteiger partial charge in [-0.15, -0.1) is 0 Å². The van der Waals surface area contributed by atoms with Crippen LogP contribution in [0.2, 0.25) is 0 Å². The van der Waals surface area contributed by atoms with Crippen LogP contribution in [0.1, 0.15) is 19.3 Å². The van der Waals surface area contributed by atoms with Crippen molar-refractivity contribution in [2.24, 2.45) is 5.73 Å². The van der Waals surface area contributed by atoms with Gasteiger partial charge in [-0.2, -0.15) is 4.68 Å². The molecule has 0 unspecified atom stereocenters. The lowest BCUT2D eigenvalue weighted by atomic mass is 10.3. The lowest BCUT2D eigenvalue weighted by Crippen LogP contribution is -2.32. The van der Waals surface area contributed by atoms with Crippen LogP contribution in [0.25, 0.3) is 5.69 Å². The van der Waals surface area contributed by atoms with Gasteiger partial charge >= 0.3 is 0 Å². The second kappa shape index (κ2) is 5.28. The van der Waals surface area contributed by atoms with Crippen LogP contribution in [0.3, 0.4) is 0 Å². The number of hydrogen-bond acceptors (Lipinski definition) is 5. The van der Waals surface area contributed by atoms with E-state index in [9.17, 15) is 0 Å². The van der Waals surface area contributed by atoms with E-state index in [1.165, 1.54) is 0 Å². The van der Waals surface area contributed by atoms with Crippen molar-refractivity contribution in [1.29, 1.82) is 5.41 Å². The van der Waals surface area contributed by atoms with Crippen LogP contribution in [0.15, 0.2) is 30.3 Å². The van der Waals surface area contributed by atoms with Gasteiger partial charge in [-0.1, -0.05) is 23.3 Å². The molecule has 1 aromatic heterocycles. The molecule has 2 aromatic rings. The predicted molar refractivity (Wildman–Crippen MR) is 76.1 cm³/mol. The Morgan fingerprint density at radius 2 is 2.10 bits per heavy atom. The maximum Gasteiger partial charge on any atom is 0.250 e. The highest BCUT2D eigenvalue weighted by atomic mass is 15.6. The fraction of sp³-hybridized carbons (Fsp3) is 0.385. The molecular formula is C13H17N7. The summed E-state index contributed by atoms with van der Waals surface area (Å²) in [4.78, 5) is 2.15. The van der Waals surface area contributed by atoms with Crippen molar-refractivity contribution in [2.75, 3.05) is 11.4 Å². The topological polar surface area (TPSA) is 96.7 Å². The number of nitrogens with zero attached hydrogens (tertiary/aromatic N) is 5. The molecule has 0 radical (unpaired) electrons. The van der Waals surface area contributed by atoms with Crippen LogP contribution in [-0.4, -0.2) is 38.6 Å². The molecule has 0 aliphatic heterocycles. The van der Waals surface area contributed by atoms with Gasteiger partial charge in [0.1, 0.15) is 0 Å². The summed E-state index contributed by atoms with van der Waals surface area (Å²) in [6.45, 7) is 0.674. The fourth-order valence-electron chi connectivity index (χ4n) is 2.17. The van der Waals surface area contributed by atoms with Crippen molar-refractivity contribution < 1.29 is 0 Å². The summed E-state index contributed by atoms with van der Waals surface area (Å²) < 4.78 is 1.73. The Morgan fingerprint density at radius 3 is 2.75 bits per heavy atom. The molecule has 1 aliphatic carbocycles. The van der Waals surface area contributed by atoms with E-state index in [0.29, 0.717) is 19.0 Å². The molecule has 1 heterocycles. The Hall–Kier alpha value is -2.44. The largest absolute Gasteiger partial charge is 0.388 e. The molecule has 7 heteroatoms. The maximum absolute atomic E-state index is 7.38. The van der Waals surface area contributed by atoms with Crippen molar-refractivity contribution in [3.63, 3.8) is 0 Å². The number of hydrogen-bond donors (Lipinski definition) is 2. The highest BCUT2D eigenvalue weighted by molar-refractivity contribution is 5.77. The number of tetrazole rings is 1. The molecule has 3 rings (SSSR count). The minimum absolute atomic E-state index is 0.189. The Morgan fingerprint density at radius 1 is 1.35 bits per heavy atom. The lowest BCUT2D eigenvalue weighted by Gasteiger charge is -2.22. The maximum atomic E-state index is 7.38. The van der Waals surface area contributed by atoms with E-state index in [1.807, 2.05) is 30.3 Å². The number of benzene rings is 1. The van der Waals surface area contributed by atoms with Crippen LogP contribution >= 0.6 is 0 Å². The number of para-hydroxylation sites is 1. The number of aromatic nitrogens is 4. The predicted octanol–water partition coefficient (Wildman–Crippen LogP) is 0.957. The molecule has 1 aromatic carbocycles. The van der Waals surface area contributed by atoms with E-state index < -0.39 is 0 Å². The highest BCUT2D eigenvalue weighted by Gasteiger charge is 2.32. The average molecular weight is 271 g/mol. The van der Waals surface area contributed by atoms with Gasteiger partial charge in [-0.25, -0.2) is 0 Å². The van der Waals surface area contributed by atoms with E-state index in [-0.39, 0.29) is 5.84 Å². The minimum atomic E-state index is 0.189. The Kier molecular flexibility index (Phi) is 3.32. The van der Waals surface area contributed by atoms with Gasteiger partial charge < -0.3 is 10.6 Å². The SMILES string of the molecule is N=C(N)CCN(c1nnnn1-c1ccccc1)C1CC1. The van der Waals surface area contributed by atoms with E-state index in [0.717, 1.165) is 24.5 Å². The van der Waals surface area contributed by atoms with Crippen LogP contribution in [0.5, 0.6) is 0 Å². The second-order valence-corrected chi connectivity index (χ2v) is 4.93. The van der Waals surface area contributed by atoms with Crippen molar-refractivity contribution in [1.82, 2.24) is 20.2 Å². The number of nitrogens with one attached hydrogen (secondary N) is 1. The standard InChI is InChI=1S/C13H17N7/c14-12(15)8-9-19(10-6-7-10)13-16-17-18-20(13)11-4-2-1-3-5-11/h1-5,10H,6-9H2,(H3,14,15). The van der Waals surface area contributed by atoms with Gasteiger partial charge in [-0.05, 0) is 35.4 Å². The summed E-state index contributed by atoms with van der Waals surface area (Å²) in [7, 11) is 0. The Labute approximate surface area is 116 Å². The monoisotopic (exact) mass is 271 g/mol. The molecule has 0 amide bonds. The van der Waals surface area contributed by atoms with Crippen LogP contribution in [0.4, 0.5) is 5.95 Å². The fourth-order valence-corrected chi connectivity index (χ4v) is 2.17. The van der Waals surface area contributed by atoms with Crippen molar-refractivity contribution in [3.05, 3.63) is 30.3 Å². The number of nitrogens with two attached hydrogens (primary N) is 1. The van der Waals surface area contributed by atoms with Crippen molar-refractivity contribution in [3.8, 4) is 5.69 Å². The van der Waals surface area contributed by atoms with Crippen LogP contribution < -0.4 is 10.6 Å². The Bertz CT molecular complexity index is 588. The molecule has 1 aliphatic rings. The third-order valence-corrected chi connectivity index (χ3v) is 3.32. The van der Waals surface area contributed by atoms with Crippen LogP contribution in [-0.2, 0) is 0 Å². The first-order valence-corrected chi connectivity index (χ1v) is 6.69. The smallest absolute Gasteiger partial charge is 0.250 e. The molecule has 0 atom stereocenters. The zero-order chi connectivity index (χ0) is 13.9. The number of rotatable bonds is 6. The van der Waals surface area contributed by atoms with Crippen LogP contribution in [0, 0.1) is 5.41 Å². The third kappa shape index (κ3) is 2.61. The van der Waals surface area contributed by atoms with Gasteiger partial charge in [0, 0.05) is 19.0 Å². The third-order valence-electron chi connectivity index (χ3n) is 3.32. The first kappa shape index (κ1) is 12.6. The van der Waals surface area contributed by atoms with E-state index in [1.54, 1.807) is 4.68 Å². The molecule has 20 heavy (non-hydrogen) atoms. The van der Waals surface area contributed by atoms with E-state index in [2.05, 4.69) is 20.4 Å². The molecule has 7 nitrogen and oxygen atoms in total. The summed E-state index contributed by atoms with van der Waals surface area (Å²) in [5.41, 5.74) is 6.39. The van der Waals surface area contributed by atoms with E-state index in [4.69, 9.17) is 11.1 Å². The molecule has 0 spiro atoms. The lowest BCUT2D eigenvalue weighted by molar-refractivity contribution is 0.729. The zero-order valence-corrected chi connectivity index (χ0v) is 11.1. The first-order valence-electron chi connectivity index (χ1n) is 6.69. The van der Waals surface area contributed by atoms with E-state index >= 15 is 0 Å². The summed E-state index contributed by atoms with van der Waals surface area (Å²) in [5, 5.41) is 19.4. The first-order chi connectivity index (χ1) is 9.75. The zero-order valence-electron chi connectivity index (χ0n) is 11.1. The highest BCUT2D eigenvalue weighted by Crippen LogP contribution is 2.31. The molecule has 1 saturated carbocycles. The van der Waals surface area contributed by atoms with Gasteiger partial charge in [0.05, 0.1) is 11.5 Å². The van der Waals surface area contributed by atoms with Gasteiger partial charge in [0.2, 0.25) is 0 Å². The molecule has 0 bridgehead atoms. The quantitative estimate of drug-likeness (QED) is 0.602. The molecule has 104 valence electrons. The second-order valence-electron chi connectivity index (χ2n) is 4.93. The van der Waals surface area contributed by atoms with Gasteiger partial charge in [0.15, 0.2) is 0 Å². The molecular weight excluding hydrogens is 254 g/mol. The van der Waals surface area contributed by atoms with Crippen molar-refractivity contribution in [2.45, 2.75) is 25.3 Å². The summed E-state index contributed by atoms with van der Waals surface area (Å²) in [5.74, 6) is 0.911. The normalized spacial score (nSPS) is 14.2. The summed E-state index contributed by atoms with van der Waals surface area (Å²) in [6, 6.07) is 10.3. The average Bonchev–Trinajstić information content (AvgIpc) is 3.17. The van der Waals surface area contributed by atoms with Crippen molar-refractivity contribution >= 4 is 11.8 Å². The molecule has 0 saturated heterocycles. The van der Waals surface area contributed by atoms with Gasteiger partial charge in [0.25, 0.3) is 5.95 Å². The molecule has 3 N–H and O–H groups in total. The molecule has 1 fully saturated rings. The summed E-state index contributed by atoms with van der Waals surface area (Å²) >= 11 is 0. The minimum Gasteiger partial charge on any atom is -0.388 e. The van der Waals surface area contributed by atoms with Gasteiger partial charge in [-0.3, -0.25) is 5.41 Å². The summed E-state index contributed by atoms with van der Waals surface area (Å²) in [6.07, 6.45) is 2.80. The number of amidine groups is 1. The Balaban J connectivity index is 1.88. The number of anilines is 1.